The highest BCUT2D eigenvalue weighted by molar-refractivity contribution is 5.99. The molecule has 0 spiro atoms. The van der Waals surface area contributed by atoms with Gasteiger partial charge in [0.1, 0.15) is 5.75 Å². The summed E-state index contributed by atoms with van der Waals surface area (Å²) in [5, 5.41) is 5.91. The third-order valence-electron chi connectivity index (χ3n) is 6.16. The molecule has 3 aliphatic rings. The molecule has 28 heavy (non-hydrogen) atoms. The lowest BCUT2D eigenvalue weighted by atomic mass is 9.79. The van der Waals surface area contributed by atoms with Crippen molar-refractivity contribution in [2.75, 3.05) is 38.2 Å². The summed E-state index contributed by atoms with van der Waals surface area (Å²) in [6.45, 7) is 3.97. The number of benzene rings is 1. The molecular weight excluding hydrogens is 358 g/mol. The van der Waals surface area contributed by atoms with Gasteiger partial charge in [-0.2, -0.15) is 0 Å². The van der Waals surface area contributed by atoms with Crippen molar-refractivity contribution in [3.63, 3.8) is 0 Å². The normalized spacial score (nSPS) is 24.6. The fraction of sp³-hybridized carbons (Fsp3) is 0.619. The van der Waals surface area contributed by atoms with Crippen molar-refractivity contribution in [2.45, 2.75) is 50.2 Å². The van der Waals surface area contributed by atoms with E-state index in [0.29, 0.717) is 18.0 Å². The summed E-state index contributed by atoms with van der Waals surface area (Å²) in [6.07, 6.45) is 5.08. The number of para-hydroxylation sites is 2. The number of morpholine rings is 1. The van der Waals surface area contributed by atoms with Gasteiger partial charge in [0.15, 0.2) is 6.10 Å². The van der Waals surface area contributed by atoms with E-state index in [2.05, 4.69) is 15.5 Å². The van der Waals surface area contributed by atoms with Gasteiger partial charge in [-0.1, -0.05) is 31.4 Å². The number of hydrogen-bond donors (Lipinski definition) is 2. The van der Waals surface area contributed by atoms with Gasteiger partial charge in [0.2, 0.25) is 5.91 Å². The summed E-state index contributed by atoms with van der Waals surface area (Å²) in [7, 11) is 0. The maximum atomic E-state index is 12.6. The standard InChI is InChI=1S/C21H29N3O4/c25-19(14-18-20(26)23-16-6-2-3-7-17(16)28-18)22-15-21(8-4-1-5-9-21)24-10-12-27-13-11-24/h2-3,6-7,18H,1,4-5,8-15H2,(H,22,25)(H,23,26)/t18-/m0/s1. The van der Waals surface area contributed by atoms with Gasteiger partial charge in [0.25, 0.3) is 5.91 Å². The van der Waals surface area contributed by atoms with E-state index in [1.807, 2.05) is 12.1 Å². The average molecular weight is 387 g/mol. The minimum Gasteiger partial charge on any atom is -0.478 e. The molecule has 2 aliphatic heterocycles. The highest BCUT2D eigenvalue weighted by Gasteiger charge is 2.39. The summed E-state index contributed by atoms with van der Waals surface area (Å²) in [6, 6.07) is 7.28. The molecule has 0 aromatic heterocycles. The van der Waals surface area contributed by atoms with Crippen molar-refractivity contribution < 1.29 is 19.1 Å². The molecule has 2 fully saturated rings. The molecule has 0 radical (unpaired) electrons. The van der Waals surface area contributed by atoms with E-state index >= 15 is 0 Å². The summed E-state index contributed by atoms with van der Waals surface area (Å²) in [5.74, 6) is 0.198. The molecule has 0 bridgehead atoms. The molecule has 1 saturated heterocycles. The molecular formula is C21H29N3O4. The Morgan fingerprint density at radius 3 is 2.71 bits per heavy atom. The van der Waals surface area contributed by atoms with Gasteiger partial charge < -0.3 is 20.1 Å². The number of carbonyl (C=O) groups excluding carboxylic acids is 2. The average Bonchev–Trinajstić information content (AvgIpc) is 2.74. The second-order valence-electron chi connectivity index (χ2n) is 7.96. The van der Waals surface area contributed by atoms with E-state index in [9.17, 15) is 9.59 Å². The number of nitrogens with zero attached hydrogens (tertiary/aromatic N) is 1. The molecule has 4 rings (SSSR count). The van der Waals surface area contributed by atoms with Crippen molar-refractivity contribution in [3.8, 4) is 5.75 Å². The number of anilines is 1. The van der Waals surface area contributed by atoms with Gasteiger partial charge in [-0.3, -0.25) is 14.5 Å². The minimum atomic E-state index is -0.791. The first-order valence-corrected chi connectivity index (χ1v) is 10.3. The largest absolute Gasteiger partial charge is 0.478 e. The topological polar surface area (TPSA) is 79.9 Å². The zero-order chi connectivity index (χ0) is 19.4. The van der Waals surface area contributed by atoms with E-state index in [4.69, 9.17) is 9.47 Å². The summed E-state index contributed by atoms with van der Waals surface area (Å²) >= 11 is 0. The van der Waals surface area contributed by atoms with Gasteiger partial charge in [0.05, 0.1) is 25.3 Å². The van der Waals surface area contributed by atoms with Crippen molar-refractivity contribution >= 4 is 17.5 Å². The minimum absolute atomic E-state index is 0.0139. The lowest BCUT2D eigenvalue weighted by Gasteiger charge is -2.48. The first-order valence-electron chi connectivity index (χ1n) is 10.3. The number of rotatable bonds is 5. The Bertz CT molecular complexity index is 711. The molecule has 2 amide bonds. The van der Waals surface area contributed by atoms with E-state index < -0.39 is 6.10 Å². The highest BCUT2D eigenvalue weighted by Crippen LogP contribution is 2.34. The van der Waals surface area contributed by atoms with Crippen LogP contribution in [0.25, 0.3) is 0 Å². The number of hydrogen-bond acceptors (Lipinski definition) is 5. The van der Waals surface area contributed by atoms with Crippen LogP contribution >= 0.6 is 0 Å². The number of amides is 2. The molecule has 1 atom stereocenters. The van der Waals surface area contributed by atoms with Crippen LogP contribution < -0.4 is 15.4 Å². The van der Waals surface area contributed by atoms with Crippen molar-refractivity contribution in [2.24, 2.45) is 0 Å². The Labute approximate surface area is 165 Å². The van der Waals surface area contributed by atoms with E-state index in [1.165, 1.54) is 19.3 Å². The highest BCUT2D eigenvalue weighted by atomic mass is 16.5. The molecule has 7 heteroatoms. The van der Waals surface area contributed by atoms with Gasteiger partial charge in [-0.25, -0.2) is 0 Å². The first kappa shape index (κ1) is 19.2. The summed E-state index contributed by atoms with van der Waals surface area (Å²) in [5.41, 5.74) is 0.664. The smallest absolute Gasteiger partial charge is 0.266 e. The monoisotopic (exact) mass is 387 g/mol. The van der Waals surface area contributed by atoms with Gasteiger partial charge in [-0.05, 0) is 25.0 Å². The van der Waals surface area contributed by atoms with Crippen molar-refractivity contribution in [1.82, 2.24) is 10.2 Å². The molecule has 0 unspecified atom stereocenters. The van der Waals surface area contributed by atoms with Crippen LogP contribution in [0.4, 0.5) is 5.69 Å². The first-order chi connectivity index (χ1) is 13.7. The number of fused-ring (bicyclic) bond motifs is 1. The molecule has 1 saturated carbocycles. The van der Waals surface area contributed by atoms with Crippen LogP contribution in [0.2, 0.25) is 0 Å². The molecule has 1 aromatic carbocycles. The molecule has 2 heterocycles. The van der Waals surface area contributed by atoms with Crippen LogP contribution in [0.1, 0.15) is 38.5 Å². The molecule has 152 valence electrons. The number of nitrogens with one attached hydrogen (secondary N) is 2. The molecule has 2 N–H and O–H groups in total. The zero-order valence-corrected chi connectivity index (χ0v) is 16.2. The summed E-state index contributed by atoms with van der Waals surface area (Å²) < 4.78 is 11.3. The Morgan fingerprint density at radius 2 is 1.93 bits per heavy atom. The Kier molecular flexibility index (Phi) is 5.82. The Hall–Kier alpha value is -2.12. The van der Waals surface area contributed by atoms with Gasteiger partial charge in [0, 0.05) is 25.2 Å². The molecule has 1 aliphatic carbocycles. The third-order valence-corrected chi connectivity index (χ3v) is 6.16. The number of ether oxygens (including phenoxy) is 2. The van der Waals surface area contributed by atoms with Gasteiger partial charge >= 0.3 is 0 Å². The Balaban J connectivity index is 1.35. The Morgan fingerprint density at radius 1 is 1.18 bits per heavy atom. The SMILES string of the molecule is O=C(C[C@@H]1Oc2ccccc2NC1=O)NCC1(N2CCOCC2)CCCCC1. The van der Waals surface area contributed by atoms with Crippen LogP contribution in [-0.4, -0.2) is 61.2 Å². The predicted molar refractivity (Wildman–Crippen MR) is 105 cm³/mol. The lowest BCUT2D eigenvalue weighted by Crippen LogP contribution is -2.59. The van der Waals surface area contributed by atoms with E-state index in [-0.39, 0.29) is 23.8 Å². The summed E-state index contributed by atoms with van der Waals surface area (Å²) in [4.78, 5) is 27.4. The van der Waals surface area contributed by atoms with Crippen LogP contribution in [0.5, 0.6) is 5.75 Å². The maximum Gasteiger partial charge on any atom is 0.266 e. The lowest BCUT2D eigenvalue weighted by molar-refractivity contribution is -0.131. The van der Waals surface area contributed by atoms with Crippen LogP contribution in [0, 0.1) is 0 Å². The van der Waals surface area contributed by atoms with Crippen molar-refractivity contribution in [1.29, 1.82) is 0 Å². The zero-order valence-electron chi connectivity index (χ0n) is 16.2. The third kappa shape index (κ3) is 4.15. The van der Waals surface area contributed by atoms with Crippen molar-refractivity contribution in [3.05, 3.63) is 24.3 Å². The van der Waals surface area contributed by atoms with E-state index in [1.54, 1.807) is 12.1 Å². The van der Waals surface area contributed by atoms with Crippen LogP contribution in [-0.2, 0) is 14.3 Å². The molecule has 7 nitrogen and oxygen atoms in total. The van der Waals surface area contributed by atoms with Crippen LogP contribution in [0.3, 0.4) is 0 Å². The quantitative estimate of drug-likeness (QED) is 0.807. The van der Waals surface area contributed by atoms with E-state index in [0.717, 1.165) is 39.1 Å². The second kappa shape index (κ2) is 8.49. The predicted octanol–water partition coefficient (Wildman–Crippen LogP) is 1.93. The van der Waals surface area contributed by atoms with Gasteiger partial charge in [-0.15, -0.1) is 0 Å². The second-order valence-corrected chi connectivity index (χ2v) is 7.96. The fourth-order valence-corrected chi connectivity index (χ4v) is 4.58. The maximum absolute atomic E-state index is 12.6. The number of carbonyl (C=O) groups is 2. The van der Waals surface area contributed by atoms with Crippen LogP contribution in [0.15, 0.2) is 24.3 Å². The fourth-order valence-electron chi connectivity index (χ4n) is 4.58. The molecule has 1 aromatic rings.